The second kappa shape index (κ2) is 10.8. The van der Waals surface area contributed by atoms with Gasteiger partial charge in [-0.15, -0.1) is 0 Å². The van der Waals surface area contributed by atoms with Gasteiger partial charge in [0.25, 0.3) is 0 Å². The monoisotopic (exact) mass is 554 g/mol. The van der Waals surface area contributed by atoms with Crippen molar-refractivity contribution in [3.05, 3.63) is 77.9 Å². The van der Waals surface area contributed by atoms with Crippen LogP contribution in [-0.2, 0) is 24.4 Å². The number of fused-ring (bicyclic) bond motifs is 2. The van der Waals surface area contributed by atoms with Crippen LogP contribution < -0.4 is 9.64 Å². The van der Waals surface area contributed by atoms with E-state index in [0.29, 0.717) is 24.9 Å². The Morgan fingerprint density at radius 1 is 0.976 bits per heavy atom. The fourth-order valence-electron chi connectivity index (χ4n) is 5.38. The number of aromatic nitrogens is 4. The van der Waals surface area contributed by atoms with Crippen molar-refractivity contribution in [1.29, 1.82) is 0 Å². The lowest BCUT2D eigenvalue weighted by Crippen LogP contribution is -2.46. The van der Waals surface area contributed by atoms with E-state index in [9.17, 15) is 9.90 Å². The lowest BCUT2D eigenvalue weighted by Gasteiger charge is -2.35. The largest absolute Gasteiger partial charge is 0.478 e. The van der Waals surface area contributed by atoms with Crippen molar-refractivity contribution >= 4 is 33.9 Å². The summed E-state index contributed by atoms with van der Waals surface area (Å²) in [5, 5.41) is 9.50. The number of anilines is 1. The predicted octanol–water partition coefficient (Wildman–Crippen LogP) is 3.96. The number of oxazole rings is 1. The summed E-state index contributed by atoms with van der Waals surface area (Å²) in [6.45, 7) is 5.66. The number of carboxylic acids is 1. The van der Waals surface area contributed by atoms with E-state index in [0.717, 1.165) is 73.0 Å². The topological polar surface area (TPSA) is 119 Å². The van der Waals surface area contributed by atoms with Crippen LogP contribution in [0.2, 0.25) is 0 Å². The Hall–Kier alpha value is -4.48. The molecule has 11 heteroatoms. The van der Waals surface area contributed by atoms with E-state index < -0.39 is 5.97 Å². The molecule has 5 aromatic rings. The minimum Gasteiger partial charge on any atom is -0.478 e. The molecule has 3 aromatic heterocycles. The highest BCUT2D eigenvalue weighted by Gasteiger charge is 2.25. The summed E-state index contributed by atoms with van der Waals surface area (Å²) in [6, 6.07) is 18.6. The highest BCUT2D eigenvalue weighted by Crippen LogP contribution is 2.25. The minimum absolute atomic E-state index is 0.139. The summed E-state index contributed by atoms with van der Waals surface area (Å²) in [5.74, 6) is 1.90. The van der Waals surface area contributed by atoms with Crippen LogP contribution in [0.5, 0.6) is 5.88 Å². The first-order valence-electron chi connectivity index (χ1n) is 13.8. The number of pyridine rings is 1. The number of nitrogens with zero attached hydrogens (tertiary/aromatic N) is 6. The van der Waals surface area contributed by atoms with Gasteiger partial charge < -0.3 is 28.5 Å². The quantitative estimate of drug-likeness (QED) is 0.287. The molecule has 2 saturated heterocycles. The molecular formula is C30H30N6O5. The molecule has 0 spiro atoms. The Bertz CT molecular complexity index is 1670. The molecule has 11 nitrogen and oxygen atoms in total. The summed E-state index contributed by atoms with van der Waals surface area (Å²) in [5.41, 5.74) is 3.46. The van der Waals surface area contributed by atoms with E-state index in [2.05, 4.69) is 19.4 Å². The maximum atomic E-state index is 11.6. The number of ether oxygens (including phenoxy) is 2. The molecule has 210 valence electrons. The first kappa shape index (κ1) is 25.5. The van der Waals surface area contributed by atoms with Crippen LogP contribution in [0.15, 0.2) is 65.1 Å². The molecule has 2 fully saturated rings. The molecule has 1 atom stereocenters. The third-order valence-electron chi connectivity index (χ3n) is 7.71. The SMILES string of the molecule is O=C(O)c1ccc2nc(CN3CCN(c4cccc(OCc5nc6ccccc6o5)n4)CC3)n(C[C@@H]3CCO3)c2c1. The Labute approximate surface area is 235 Å². The van der Waals surface area contributed by atoms with Gasteiger partial charge in [-0.1, -0.05) is 18.2 Å². The molecule has 41 heavy (non-hydrogen) atoms. The molecule has 2 aliphatic rings. The number of imidazole rings is 1. The molecule has 0 saturated carbocycles. The number of para-hydroxylation sites is 2. The lowest BCUT2D eigenvalue weighted by molar-refractivity contribution is -0.0592. The van der Waals surface area contributed by atoms with Crippen LogP contribution in [0, 0.1) is 0 Å². The van der Waals surface area contributed by atoms with Crippen LogP contribution in [0.25, 0.3) is 22.1 Å². The highest BCUT2D eigenvalue weighted by molar-refractivity contribution is 5.92. The van der Waals surface area contributed by atoms with Gasteiger partial charge in [0.05, 0.1) is 35.8 Å². The first-order chi connectivity index (χ1) is 20.1. The number of piperazine rings is 1. The summed E-state index contributed by atoms with van der Waals surface area (Å²) in [6.07, 6.45) is 1.14. The summed E-state index contributed by atoms with van der Waals surface area (Å²) < 4.78 is 19.5. The molecule has 7 rings (SSSR count). The average Bonchev–Trinajstić information content (AvgIpc) is 3.54. The number of hydrogen-bond acceptors (Lipinski definition) is 9. The van der Waals surface area contributed by atoms with Crippen molar-refractivity contribution in [2.75, 3.05) is 37.7 Å². The molecule has 0 amide bonds. The van der Waals surface area contributed by atoms with Gasteiger partial charge >= 0.3 is 5.97 Å². The number of carbonyl (C=O) groups is 1. The Morgan fingerprint density at radius 3 is 2.61 bits per heavy atom. The molecule has 2 aromatic carbocycles. The number of carboxylic acid groups (broad SMARTS) is 1. The number of benzene rings is 2. The van der Waals surface area contributed by atoms with Crippen LogP contribution in [0.4, 0.5) is 5.82 Å². The molecule has 0 unspecified atom stereocenters. The fraction of sp³-hybridized carbons (Fsp3) is 0.333. The second-order valence-electron chi connectivity index (χ2n) is 10.4. The standard InChI is InChI=1S/C30H30N6O5/c37-30(38)20-8-9-22-24(16-20)36(17-21-10-15-39-21)27(31-22)18-34-11-13-35(14-12-34)26-6-3-7-28(33-26)40-19-29-32-23-4-1-2-5-25(23)41-29/h1-9,16,21H,10-15,17-19H2,(H,37,38)/t21-/m0/s1. The Morgan fingerprint density at radius 2 is 1.83 bits per heavy atom. The maximum absolute atomic E-state index is 11.6. The van der Waals surface area contributed by atoms with Crippen molar-refractivity contribution in [2.45, 2.75) is 32.2 Å². The van der Waals surface area contributed by atoms with Crippen molar-refractivity contribution in [3.8, 4) is 5.88 Å². The second-order valence-corrected chi connectivity index (χ2v) is 10.4. The summed E-state index contributed by atoms with van der Waals surface area (Å²) in [7, 11) is 0. The Balaban J connectivity index is 1.00. The summed E-state index contributed by atoms with van der Waals surface area (Å²) >= 11 is 0. The molecule has 2 aliphatic heterocycles. The zero-order valence-electron chi connectivity index (χ0n) is 22.5. The first-order valence-corrected chi connectivity index (χ1v) is 13.8. The Kier molecular flexibility index (Phi) is 6.73. The van der Waals surface area contributed by atoms with Crippen LogP contribution >= 0.6 is 0 Å². The van der Waals surface area contributed by atoms with Crippen LogP contribution in [0.1, 0.15) is 28.5 Å². The van der Waals surface area contributed by atoms with Crippen molar-refractivity contribution in [2.24, 2.45) is 0 Å². The van der Waals surface area contributed by atoms with Gasteiger partial charge in [-0.2, -0.15) is 4.98 Å². The van der Waals surface area contributed by atoms with Gasteiger partial charge in [0.1, 0.15) is 17.2 Å². The van der Waals surface area contributed by atoms with Gasteiger partial charge in [0.15, 0.2) is 12.2 Å². The number of rotatable bonds is 9. The summed E-state index contributed by atoms with van der Waals surface area (Å²) in [4.78, 5) is 30.3. The minimum atomic E-state index is -0.938. The van der Waals surface area contributed by atoms with Gasteiger partial charge in [-0.3, -0.25) is 4.90 Å². The molecular weight excluding hydrogens is 524 g/mol. The number of aromatic carboxylic acids is 1. The predicted molar refractivity (Wildman–Crippen MR) is 151 cm³/mol. The van der Waals surface area contributed by atoms with E-state index in [4.69, 9.17) is 23.9 Å². The van der Waals surface area contributed by atoms with E-state index in [1.165, 1.54) is 0 Å². The van der Waals surface area contributed by atoms with Gasteiger partial charge in [-0.25, -0.2) is 14.8 Å². The normalized spacial score (nSPS) is 17.7. The molecule has 0 aliphatic carbocycles. The van der Waals surface area contributed by atoms with Gasteiger partial charge in [-0.05, 0) is 42.8 Å². The molecule has 0 bridgehead atoms. The molecule has 1 N–H and O–H groups in total. The van der Waals surface area contributed by atoms with Crippen molar-refractivity contribution in [3.63, 3.8) is 0 Å². The molecule has 0 radical (unpaired) electrons. The molecule has 5 heterocycles. The smallest absolute Gasteiger partial charge is 0.335 e. The lowest BCUT2D eigenvalue weighted by atomic mass is 10.1. The van der Waals surface area contributed by atoms with Crippen LogP contribution in [-0.4, -0.2) is 74.4 Å². The van der Waals surface area contributed by atoms with Gasteiger partial charge in [0.2, 0.25) is 11.8 Å². The van der Waals surface area contributed by atoms with E-state index in [1.54, 1.807) is 18.2 Å². The van der Waals surface area contributed by atoms with Gasteiger partial charge in [0, 0.05) is 38.9 Å². The fourth-order valence-corrected chi connectivity index (χ4v) is 5.38. The van der Waals surface area contributed by atoms with Crippen molar-refractivity contribution < 1.29 is 23.8 Å². The zero-order chi connectivity index (χ0) is 27.8. The third kappa shape index (κ3) is 5.33. The highest BCUT2D eigenvalue weighted by atomic mass is 16.5. The van der Waals surface area contributed by atoms with Crippen LogP contribution in [0.3, 0.4) is 0 Å². The van der Waals surface area contributed by atoms with E-state index >= 15 is 0 Å². The van der Waals surface area contributed by atoms with E-state index in [-0.39, 0.29) is 18.3 Å². The van der Waals surface area contributed by atoms with Crippen molar-refractivity contribution in [1.82, 2.24) is 24.4 Å². The third-order valence-corrected chi connectivity index (χ3v) is 7.71. The zero-order valence-corrected chi connectivity index (χ0v) is 22.5. The average molecular weight is 555 g/mol. The number of hydrogen-bond donors (Lipinski definition) is 1. The van der Waals surface area contributed by atoms with E-state index in [1.807, 2.05) is 42.5 Å². The maximum Gasteiger partial charge on any atom is 0.335 e.